The lowest BCUT2D eigenvalue weighted by Gasteiger charge is -2.07. The number of hydrogen-bond donors (Lipinski definition) is 1. The number of anilines is 1. The molecule has 64 valence electrons. The topological polar surface area (TPSA) is 35.2 Å². The van der Waals surface area contributed by atoms with Gasteiger partial charge in [-0.3, -0.25) is 0 Å². The first-order valence-electron chi connectivity index (χ1n) is 3.98. The van der Waals surface area contributed by atoms with Crippen molar-refractivity contribution in [3.05, 3.63) is 23.2 Å². The summed E-state index contributed by atoms with van der Waals surface area (Å²) in [6, 6.07) is 5.46. The monoisotopic (exact) mass is 183 g/mol. The normalized spacial score (nSPS) is 16.1. The Bertz CT molecular complexity index is 297. The Labute approximate surface area is 76.3 Å². The molecule has 1 aromatic carbocycles. The molecule has 12 heavy (non-hydrogen) atoms. The van der Waals surface area contributed by atoms with Gasteiger partial charge in [-0.25, -0.2) is 0 Å². The number of hydrogen-bond acceptors (Lipinski definition) is 2. The molecule has 1 fully saturated rings. The number of nitrogen functional groups attached to an aromatic ring is 1. The second kappa shape index (κ2) is 2.87. The SMILES string of the molecule is Nc1cccc(OC2CC2)c1Cl. The predicted octanol–water partition coefficient (Wildman–Crippen LogP) is 2.46. The average Bonchev–Trinajstić information content (AvgIpc) is 2.83. The molecule has 2 rings (SSSR count). The molecule has 0 saturated heterocycles. The Hall–Kier alpha value is -0.890. The zero-order chi connectivity index (χ0) is 8.55. The van der Waals surface area contributed by atoms with E-state index in [4.69, 9.17) is 22.1 Å². The molecule has 2 nitrogen and oxygen atoms in total. The highest BCUT2D eigenvalue weighted by Crippen LogP contribution is 2.34. The Balaban J connectivity index is 2.23. The first-order chi connectivity index (χ1) is 5.77. The van der Waals surface area contributed by atoms with Crippen LogP contribution in [0, 0.1) is 0 Å². The van der Waals surface area contributed by atoms with Gasteiger partial charge >= 0.3 is 0 Å². The molecule has 0 unspecified atom stereocenters. The number of rotatable bonds is 2. The summed E-state index contributed by atoms with van der Waals surface area (Å²) in [6.45, 7) is 0. The summed E-state index contributed by atoms with van der Waals surface area (Å²) in [5.41, 5.74) is 6.18. The maximum Gasteiger partial charge on any atom is 0.140 e. The van der Waals surface area contributed by atoms with E-state index >= 15 is 0 Å². The van der Waals surface area contributed by atoms with Crippen LogP contribution in [0.1, 0.15) is 12.8 Å². The molecule has 0 aromatic heterocycles. The summed E-state index contributed by atoms with van der Waals surface area (Å²) >= 11 is 5.92. The maximum absolute atomic E-state index is 5.92. The van der Waals surface area contributed by atoms with Crippen molar-refractivity contribution in [2.45, 2.75) is 18.9 Å². The first-order valence-corrected chi connectivity index (χ1v) is 4.36. The van der Waals surface area contributed by atoms with Crippen molar-refractivity contribution in [2.75, 3.05) is 5.73 Å². The van der Waals surface area contributed by atoms with Crippen LogP contribution in [0.25, 0.3) is 0 Å². The fourth-order valence-corrected chi connectivity index (χ4v) is 1.15. The molecule has 0 atom stereocenters. The zero-order valence-corrected chi connectivity index (χ0v) is 7.34. The van der Waals surface area contributed by atoms with Gasteiger partial charge in [-0.15, -0.1) is 0 Å². The fourth-order valence-electron chi connectivity index (χ4n) is 0.984. The van der Waals surface area contributed by atoms with Crippen molar-refractivity contribution in [3.8, 4) is 5.75 Å². The summed E-state index contributed by atoms with van der Waals surface area (Å²) in [5.74, 6) is 0.708. The zero-order valence-electron chi connectivity index (χ0n) is 6.59. The molecule has 0 radical (unpaired) electrons. The van der Waals surface area contributed by atoms with Crippen LogP contribution >= 0.6 is 11.6 Å². The molecule has 0 spiro atoms. The van der Waals surface area contributed by atoms with E-state index in [1.54, 1.807) is 6.07 Å². The quantitative estimate of drug-likeness (QED) is 0.715. The molecule has 0 bridgehead atoms. The smallest absolute Gasteiger partial charge is 0.140 e. The molecule has 1 saturated carbocycles. The van der Waals surface area contributed by atoms with Crippen molar-refractivity contribution in [2.24, 2.45) is 0 Å². The molecule has 2 N–H and O–H groups in total. The average molecular weight is 184 g/mol. The van der Waals surface area contributed by atoms with Gasteiger partial charge in [-0.05, 0) is 25.0 Å². The third-order valence-electron chi connectivity index (χ3n) is 1.81. The highest BCUT2D eigenvalue weighted by Gasteiger charge is 2.24. The van der Waals surface area contributed by atoms with Gasteiger partial charge in [0.15, 0.2) is 0 Å². The summed E-state index contributed by atoms with van der Waals surface area (Å²) < 4.78 is 5.52. The molecule has 1 aliphatic carbocycles. The number of nitrogens with two attached hydrogens (primary N) is 1. The van der Waals surface area contributed by atoms with Crippen LogP contribution in [-0.4, -0.2) is 6.10 Å². The van der Waals surface area contributed by atoms with Crippen molar-refractivity contribution >= 4 is 17.3 Å². The first kappa shape index (κ1) is 7.74. The van der Waals surface area contributed by atoms with Crippen LogP contribution in [0.15, 0.2) is 18.2 Å². The van der Waals surface area contributed by atoms with Crippen molar-refractivity contribution in [1.82, 2.24) is 0 Å². The van der Waals surface area contributed by atoms with Crippen molar-refractivity contribution in [1.29, 1.82) is 0 Å². The van der Waals surface area contributed by atoms with Gasteiger partial charge < -0.3 is 10.5 Å². The minimum atomic E-state index is 0.365. The minimum Gasteiger partial charge on any atom is -0.489 e. The molecular formula is C9H10ClNO. The molecule has 1 aliphatic rings. The van der Waals surface area contributed by atoms with Gasteiger partial charge in [0.05, 0.1) is 11.8 Å². The Kier molecular flexibility index (Phi) is 1.85. The van der Waals surface area contributed by atoms with E-state index in [1.807, 2.05) is 12.1 Å². The summed E-state index contributed by atoms with van der Waals surface area (Å²) in [7, 11) is 0. The summed E-state index contributed by atoms with van der Waals surface area (Å²) in [4.78, 5) is 0. The third-order valence-corrected chi connectivity index (χ3v) is 2.22. The van der Waals surface area contributed by atoms with E-state index in [0.29, 0.717) is 22.6 Å². The maximum atomic E-state index is 5.92. The van der Waals surface area contributed by atoms with Crippen molar-refractivity contribution in [3.63, 3.8) is 0 Å². The standard InChI is InChI=1S/C9H10ClNO/c10-9-7(11)2-1-3-8(9)12-6-4-5-6/h1-3,6H,4-5,11H2. The summed E-state index contributed by atoms with van der Waals surface area (Å²) in [5, 5.41) is 0.532. The van der Waals surface area contributed by atoms with E-state index in [0.717, 1.165) is 12.8 Å². The molecule has 3 heteroatoms. The van der Waals surface area contributed by atoms with Crippen LogP contribution in [-0.2, 0) is 0 Å². The minimum absolute atomic E-state index is 0.365. The van der Waals surface area contributed by atoms with Gasteiger partial charge in [0.1, 0.15) is 10.8 Å². The Morgan fingerprint density at radius 2 is 2.17 bits per heavy atom. The fraction of sp³-hybridized carbons (Fsp3) is 0.333. The predicted molar refractivity (Wildman–Crippen MR) is 49.5 cm³/mol. The van der Waals surface area contributed by atoms with Crippen LogP contribution < -0.4 is 10.5 Å². The Morgan fingerprint density at radius 3 is 2.83 bits per heavy atom. The molecule has 0 aliphatic heterocycles. The van der Waals surface area contributed by atoms with Crippen LogP contribution in [0.4, 0.5) is 5.69 Å². The number of benzene rings is 1. The Morgan fingerprint density at radius 1 is 1.42 bits per heavy atom. The molecule has 1 aromatic rings. The molecule has 0 heterocycles. The van der Waals surface area contributed by atoms with Gasteiger partial charge in [0, 0.05) is 0 Å². The third kappa shape index (κ3) is 1.48. The number of halogens is 1. The van der Waals surface area contributed by atoms with E-state index in [2.05, 4.69) is 0 Å². The highest BCUT2D eigenvalue weighted by atomic mass is 35.5. The van der Waals surface area contributed by atoms with Gasteiger partial charge in [0.2, 0.25) is 0 Å². The van der Waals surface area contributed by atoms with Gasteiger partial charge in [0.25, 0.3) is 0 Å². The summed E-state index contributed by atoms with van der Waals surface area (Å²) in [6.07, 6.45) is 2.63. The van der Waals surface area contributed by atoms with Crippen molar-refractivity contribution < 1.29 is 4.74 Å². The van der Waals surface area contributed by atoms with E-state index in [1.165, 1.54) is 0 Å². The van der Waals surface area contributed by atoms with Crippen LogP contribution in [0.3, 0.4) is 0 Å². The molecular weight excluding hydrogens is 174 g/mol. The van der Waals surface area contributed by atoms with Gasteiger partial charge in [-0.2, -0.15) is 0 Å². The van der Waals surface area contributed by atoms with E-state index in [9.17, 15) is 0 Å². The van der Waals surface area contributed by atoms with E-state index in [-0.39, 0.29) is 0 Å². The van der Waals surface area contributed by atoms with Crippen LogP contribution in [0.5, 0.6) is 5.75 Å². The highest BCUT2D eigenvalue weighted by molar-refractivity contribution is 6.34. The largest absolute Gasteiger partial charge is 0.489 e. The van der Waals surface area contributed by atoms with Gasteiger partial charge in [-0.1, -0.05) is 17.7 Å². The lowest BCUT2D eigenvalue weighted by Crippen LogP contribution is -1.97. The van der Waals surface area contributed by atoms with E-state index < -0.39 is 0 Å². The lowest BCUT2D eigenvalue weighted by atomic mass is 10.3. The second-order valence-electron chi connectivity index (χ2n) is 2.98. The lowest BCUT2D eigenvalue weighted by molar-refractivity contribution is 0.303. The number of ether oxygens (including phenoxy) is 1. The van der Waals surface area contributed by atoms with Crippen LogP contribution in [0.2, 0.25) is 5.02 Å². The molecule has 0 amide bonds. The second-order valence-corrected chi connectivity index (χ2v) is 3.35.